The number of hydrogen-bond acceptors (Lipinski definition) is 7. The van der Waals surface area contributed by atoms with Crippen LogP contribution in [0, 0.1) is 0 Å². The molecule has 3 aromatic rings. The predicted molar refractivity (Wildman–Crippen MR) is 101 cm³/mol. The summed E-state index contributed by atoms with van der Waals surface area (Å²) < 4.78 is 51.5. The van der Waals surface area contributed by atoms with Crippen molar-refractivity contribution in [2.75, 3.05) is 12.4 Å². The number of rotatable bonds is 7. The van der Waals surface area contributed by atoms with Crippen LogP contribution in [-0.2, 0) is 4.79 Å². The van der Waals surface area contributed by atoms with E-state index in [0.29, 0.717) is 11.4 Å². The van der Waals surface area contributed by atoms with Crippen molar-refractivity contribution in [1.82, 2.24) is 5.27 Å². The van der Waals surface area contributed by atoms with Crippen molar-refractivity contribution in [1.29, 1.82) is 0 Å². The number of halogens is 3. The van der Waals surface area contributed by atoms with E-state index < -0.39 is 29.2 Å². The lowest BCUT2D eigenvalue weighted by Crippen LogP contribution is -2.36. The second-order valence-electron chi connectivity index (χ2n) is 6.10. The van der Waals surface area contributed by atoms with Gasteiger partial charge in [0.25, 0.3) is 5.03 Å². The Hall–Kier alpha value is -3.41. The van der Waals surface area contributed by atoms with E-state index in [2.05, 4.69) is 15.3 Å². The Balaban J connectivity index is 1.68. The van der Waals surface area contributed by atoms with Gasteiger partial charge in [0.15, 0.2) is 5.95 Å². The molecule has 8 nitrogen and oxygen atoms in total. The van der Waals surface area contributed by atoms with Crippen molar-refractivity contribution in [2.45, 2.75) is 23.6 Å². The molecule has 0 bridgehead atoms. The molecule has 1 unspecified atom stereocenters. The van der Waals surface area contributed by atoms with E-state index >= 15 is 0 Å². The molecule has 12 heteroatoms. The Labute approximate surface area is 178 Å². The maximum atomic E-state index is 12.5. The maximum absolute atomic E-state index is 12.5. The number of nitrogens with zero attached hydrogens (tertiary/aromatic N) is 2. The number of hydrogen-bond donors (Lipinski definition) is 1. The lowest BCUT2D eigenvalue weighted by atomic mass is 10.3. The van der Waals surface area contributed by atoms with Gasteiger partial charge in [0, 0.05) is 17.8 Å². The molecule has 0 aliphatic heterocycles. The third-order valence-electron chi connectivity index (χ3n) is 3.90. The highest BCUT2D eigenvalue weighted by Crippen LogP contribution is 2.29. The van der Waals surface area contributed by atoms with Crippen LogP contribution in [0.5, 0.6) is 17.4 Å². The molecule has 2 aromatic carbocycles. The van der Waals surface area contributed by atoms with Crippen LogP contribution in [0.2, 0.25) is 0 Å². The fourth-order valence-corrected chi connectivity index (χ4v) is 3.30. The molecule has 164 valence electrons. The molecule has 0 spiro atoms. The molecular weight excluding hydrogens is 439 g/mol. The summed E-state index contributed by atoms with van der Waals surface area (Å²) in [6.45, 7) is 1.56. The number of amides is 1. The van der Waals surface area contributed by atoms with Gasteiger partial charge in [-0.15, -0.1) is 13.2 Å². The van der Waals surface area contributed by atoms with Crippen molar-refractivity contribution in [2.24, 2.45) is 0 Å². The number of thioether (sulfide) groups is 1. The summed E-state index contributed by atoms with van der Waals surface area (Å²) in [5, 5.41) is 17.7. The zero-order valence-corrected chi connectivity index (χ0v) is 17.0. The maximum Gasteiger partial charge on any atom is 0.573 e. The first-order chi connectivity index (χ1) is 14.7. The number of carbonyl (C=O) groups excluding carboxylic acids is 1. The van der Waals surface area contributed by atoms with E-state index in [4.69, 9.17) is 9.26 Å². The topological polar surface area (TPSA) is 101 Å². The smallest absolute Gasteiger partial charge is 0.538 e. The van der Waals surface area contributed by atoms with Gasteiger partial charge in [-0.05, 0) is 59.8 Å². The van der Waals surface area contributed by atoms with E-state index in [1.807, 2.05) is 0 Å². The van der Waals surface area contributed by atoms with Crippen LogP contribution >= 0.6 is 11.8 Å². The van der Waals surface area contributed by atoms with Gasteiger partial charge in [0.2, 0.25) is 11.6 Å². The third-order valence-corrected chi connectivity index (χ3v) is 5.03. The normalized spacial score (nSPS) is 12.3. The van der Waals surface area contributed by atoms with Crippen LogP contribution in [0.3, 0.4) is 0 Å². The lowest BCUT2D eigenvalue weighted by Gasteiger charge is -2.12. The van der Waals surface area contributed by atoms with Crippen LogP contribution in [0.1, 0.15) is 6.92 Å². The Morgan fingerprint density at radius 3 is 2.35 bits per heavy atom. The monoisotopic (exact) mass is 455 g/mol. The van der Waals surface area contributed by atoms with Crippen LogP contribution in [0.15, 0.2) is 58.1 Å². The lowest BCUT2D eigenvalue weighted by molar-refractivity contribution is -0.705. The summed E-state index contributed by atoms with van der Waals surface area (Å²) in [6, 6.07) is 11.4. The SMILES string of the molecule is COc1ccc(-[n+]2noc([O-])c2SC(C)C(=O)Nc2ccc(OC(F)(F)F)cc2)cc1. The highest BCUT2D eigenvalue weighted by Gasteiger charge is 2.31. The van der Waals surface area contributed by atoms with Crippen molar-refractivity contribution in [3.05, 3.63) is 48.5 Å². The first-order valence-electron chi connectivity index (χ1n) is 8.73. The highest BCUT2D eigenvalue weighted by atomic mass is 32.2. The first kappa shape index (κ1) is 22.3. The molecule has 0 radical (unpaired) electrons. The third kappa shape index (κ3) is 5.81. The van der Waals surface area contributed by atoms with Crippen molar-refractivity contribution in [3.8, 4) is 23.1 Å². The van der Waals surface area contributed by atoms with Crippen LogP contribution in [-0.4, -0.2) is 29.9 Å². The van der Waals surface area contributed by atoms with E-state index in [0.717, 1.165) is 23.9 Å². The Kier molecular flexibility index (Phi) is 6.59. The number of alkyl halides is 3. The minimum Gasteiger partial charge on any atom is -0.538 e. The van der Waals surface area contributed by atoms with E-state index in [9.17, 15) is 23.1 Å². The number of benzene rings is 2. The number of nitrogens with one attached hydrogen (secondary N) is 1. The second-order valence-corrected chi connectivity index (χ2v) is 7.43. The van der Waals surface area contributed by atoms with Gasteiger partial charge in [-0.1, -0.05) is 0 Å². The number of aromatic nitrogens is 2. The number of anilines is 1. The summed E-state index contributed by atoms with van der Waals surface area (Å²) in [5.41, 5.74) is 0.796. The van der Waals surface area contributed by atoms with Gasteiger partial charge in [-0.25, -0.2) is 0 Å². The van der Waals surface area contributed by atoms with E-state index in [1.54, 1.807) is 31.2 Å². The molecule has 1 amide bonds. The summed E-state index contributed by atoms with van der Waals surface area (Å²) in [7, 11) is 1.52. The minimum absolute atomic E-state index is 0.0849. The summed E-state index contributed by atoms with van der Waals surface area (Å²) in [6.07, 6.45) is -4.80. The van der Waals surface area contributed by atoms with Gasteiger partial charge in [-0.3, -0.25) is 4.79 Å². The van der Waals surface area contributed by atoms with Crippen LogP contribution in [0.25, 0.3) is 5.69 Å². The van der Waals surface area contributed by atoms with E-state index in [-0.39, 0.29) is 10.7 Å². The van der Waals surface area contributed by atoms with E-state index in [1.165, 1.54) is 23.9 Å². The predicted octanol–water partition coefficient (Wildman–Crippen LogP) is 3.05. The average molecular weight is 455 g/mol. The second kappa shape index (κ2) is 9.16. The fraction of sp³-hybridized carbons (Fsp3) is 0.211. The molecule has 0 fully saturated rings. The van der Waals surface area contributed by atoms with Crippen molar-refractivity contribution in [3.63, 3.8) is 0 Å². The average Bonchev–Trinajstić information content (AvgIpc) is 3.08. The summed E-state index contributed by atoms with van der Waals surface area (Å²) >= 11 is 0.924. The van der Waals surface area contributed by atoms with Crippen molar-refractivity contribution >= 4 is 23.4 Å². The zero-order chi connectivity index (χ0) is 22.6. The van der Waals surface area contributed by atoms with Gasteiger partial charge >= 0.3 is 6.36 Å². The molecule has 1 atom stereocenters. The van der Waals surface area contributed by atoms with Crippen LogP contribution in [0.4, 0.5) is 18.9 Å². The minimum atomic E-state index is -4.80. The van der Waals surface area contributed by atoms with Crippen LogP contribution < -0.4 is 24.6 Å². The molecule has 1 aromatic heterocycles. The van der Waals surface area contributed by atoms with Gasteiger partial charge in [0.05, 0.1) is 17.6 Å². The molecule has 31 heavy (non-hydrogen) atoms. The Morgan fingerprint density at radius 2 is 1.77 bits per heavy atom. The summed E-state index contributed by atoms with van der Waals surface area (Å²) in [5.74, 6) is -0.983. The summed E-state index contributed by atoms with van der Waals surface area (Å²) in [4.78, 5) is 12.5. The standard InChI is InChI=1S/C19H16F3N3O5S/c1-11(16(26)23-12-3-7-15(8-4-12)29-19(20,21)22)31-17-18(27)30-24-25(17)13-5-9-14(28-2)10-6-13/h3-11H,1-2H3,(H-,23,24,26,27). The highest BCUT2D eigenvalue weighted by molar-refractivity contribution is 8.00. The molecule has 0 aliphatic rings. The fourth-order valence-electron chi connectivity index (χ4n) is 2.43. The molecule has 1 heterocycles. The van der Waals surface area contributed by atoms with Gasteiger partial charge in [-0.2, -0.15) is 0 Å². The molecular formula is C19H16F3N3O5S. The molecule has 3 rings (SSSR count). The molecule has 0 saturated heterocycles. The Morgan fingerprint density at radius 1 is 1.16 bits per heavy atom. The zero-order valence-electron chi connectivity index (χ0n) is 16.2. The van der Waals surface area contributed by atoms with Crippen molar-refractivity contribution < 1.29 is 41.8 Å². The molecule has 0 aliphatic carbocycles. The first-order valence-corrected chi connectivity index (χ1v) is 9.61. The van der Waals surface area contributed by atoms with Gasteiger partial charge < -0.3 is 24.4 Å². The largest absolute Gasteiger partial charge is 0.573 e. The van der Waals surface area contributed by atoms with Gasteiger partial charge in [0.1, 0.15) is 11.5 Å². The molecule has 1 N–H and O–H groups in total. The quantitative estimate of drug-likeness (QED) is 0.432. The molecule has 0 saturated carbocycles. The number of carbonyl (C=O) groups is 1. The number of methoxy groups -OCH3 is 1. The Bertz CT molecular complexity index is 1040. The number of ether oxygens (including phenoxy) is 2.